The van der Waals surface area contributed by atoms with E-state index < -0.39 is 0 Å². The highest BCUT2D eigenvalue weighted by Crippen LogP contribution is 2.36. The van der Waals surface area contributed by atoms with Crippen molar-refractivity contribution in [3.8, 4) is 17.0 Å². The first kappa shape index (κ1) is 19.9. The Bertz CT molecular complexity index is 1030. The number of hydrogen-bond acceptors (Lipinski definition) is 6. The molecule has 1 saturated heterocycles. The van der Waals surface area contributed by atoms with Crippen LogP contribution < -0.4 is 15.4 Å². The van der Waals surface area contributed by atoms with Crippen LogP contribution in [-0.2, 0) is 0 Å². The molecule has 30 heavy (non-hydrogen) atoms. The number of H-pyrrole nitrogens is 1. The van der Waals surface area contributed by atoms with Crippen LogP contribution in [-0.4, -0.2) is 39.4 Å². The molecule has 0 spiro atoms. The molecule has 4 rings (SSSR count). The van der Waals surface area contributed by atoms with E-state index >= 15 is 0 Å². The maximum absolute atomic E-state index is 6.95. The molecule has 0 bridgehead atoms. The van der Waals surface area contributed by atoms with Crippen LogP contribution in [0.1, 0.15) is 38.2 Å². The first-order valence-corrected chi connectivity index (χ1v) is 10.2. The topological polar surface area (TPSA) is 92.1 Å². The van der Waals surface area contributed by atoms with Gasteiger partial charge in [-0.2, -0.15) is 5.10 Å². The van der Waals surface area contributed by atoms with Gasteiger partial charge in [-0.15, -0.1) is 4.98 Å². The Labute approximate surface area is 175 Å². The monoisotopic (exact) mass is 403 g/mol. The summed E-state index contributed by atoms with van der Waals surface area (Å²) in [5.41, 5.74) is 3.15. The second kappa shape index (κ2) is 8.93. The largest absolute Gasteiger partial charge is 0.490 e. The maximum Gasteiger partial charge on any atom is 0.288 e. The summed E-state index contributed by atoms with van der Waals surface area (Å²) in [7, 11) is 0. The Hall–Kier alpha value is -3.44. The minimum Gasteiger partial charge on any atom is -0.490 e. The molecular weight excluding hydrogens is 378 g/mol. The van der Waals surface area contributed by atoms with Crippen molar-refractivity contribution < 1.29 is 4.74 Å². The highest BCUT2D eigenvalue weighted by molar-refractivity contribution is 5.71. The second-order valence-corrected chi connectivity index (χ2v) is 7.61. The number of piperidine rings is 1. The van der Waals surface area contributed by atoms with Crippen LogP contribution in [0.15, 0.2) is 36.7 Å². The predicted molar refractivity (Wildman–Crippen MR) is 116 cm³/mol. The molecule has 1 aliphatic rings. The van der Waals surface area contributed by atoms with E-state index in [1.807, 2.05) is 19.9 Å². The fourth-order valence-electron chi connectivity index (χ4n) is 3.62. The Morgan fingerprint density at radius 1 is 1.13 bits per heavy atom. The van der Waals surface area contributed by atoms with Gasteiger partial charge in [0.05, 0.1) is 18.0 Å². The summed E-state index contributed by atoms with van der Waals surface area (Å²) in [5, 5.41) is 13.9. The molecule has 0 saturated carbocycles. The van der Waals surface area contributed by atoms with Crippen molar-refractivity contribution in [2.24, 2.45) is 0 Å². The SMILES string of the molecule is [C-]#[N+]c1cnc(Nc2cc(-c3ccc(C4CCNCC4)cc3OC(C)C)[nH]n2)cn1. The second-order valence-electron chi connectivity index (χ2n) is 7.61. The lowest BCUT2D eigenvalue weighted by Crippen LogP contribution is -2.26. The molecule has 3 N–H and O–H groups in total. The first-order valence-electron chi connectivity index (χ1n) is 10.2. The van der Waals surface area contributed by atoms with Gasteiger partial charge in [-0.25, -0.2) is 4.98 Å². The van der Waals surface area contributed by atoms with Gasteiger partial charge < -0.3 is 20.2 Å². The molecule has 1 fully saturated rings. The number of nitrogens with zero attached hydrogens (tertiary/aromatic N) is 4. The summed E-state index contributed by atoms with van der Waals surface area (Å²) in [5.74, 6) is 2.82. The third kappa shape index (κ3) is 4.58. The quantitative estimate of drug-likeness (QED) is 0.528. The zero-order valence-corrected chi connectivity index (χ0v) is 17.1. The Kier molecular flexibility index (Phi) is 5.91. The van der Waals surface area contributed by atoms with E-state index in [0.29, 0.717) is 17.6 Å². The summed E-state index contributed by atoms with van der Waals surface area (Å²) in [6.07, 6.45) is 5.31. The van der Waals surface area contributed by atoms with Crippen LogP contribution in [0.5, 0.6) is 5.75 Å². The first-order chi connectivity index (χ1) is 14.6. The molecule has 2 aromatic heterocycles. The molecule has 1 aromatic carbocycles. The minimum atomic E-state index is 0.0729. The van der Waals surface area contributed by atoms with E-state index in [-0.39, 0.29) is 11.9 Å². The molecular formula is C22H25N7O. The number of aromatic amines is 1. The smallest absolute Gasteiger partial charge is 0.288 e. The van der Waals surface area contributed by atoms with Crippen molar-refractivity contribution >= 4 is 17.5 Å². The molecule has 3 heterocycles. The lowest BCUT2D eigenvalue weighted by atomic mass is 9.89. The van der Waals surface area contributed by atoms with Gasteiger partial charge in [0.2, 0.25) is 0 Å². The zero-order chi connectivity index (χ0) is 20.9. The van der Waals surface area contributed by atoms with Crippen LogP contribution in [0.25, 0.3) is 16.1 Å². The number of rotatable bonds is 6. The minimum absolute atomic E-state index is 0.0729. The van der Waals surface area contributed by atoms with Gasteiger partial charge in [0.15, 0.2) is 17.8 Å². The fraction of sp³-hybridized carbons (Fsp3) is 0.364. The zero-order valence-electron chi connectivity index (χ0n) is 17.1. The van der Waals surface area contributed by atoms with E-state index in [4.69, 9.17) is 11.3 Å². The molecule has 154 valence electrons. The van der Waals surface area contributed by atoms with Crippen LogP contribution in [0.3, 0.4) is 0 Å². The van der Waals surface area contributed by atoms with Crippen molar-refractivity contribution in [1.29, 1.82) is 0 Å². The molecule has 3 aromatic rings. The lowest BCUT2D eigenvalue weighted by Gasteiger charge is -2.24. The normalized spacial score (nSPS) is 14.5. The van der Waals surface area contributed by atoms with Gasteiger partial charge >= 0.3 is 0 Å². The van der Waals surface area contributed by atoms with E-state index in [2.05, 4.69) is 53.8 Å². The molecule has 0 amide bonds. The van der Waals surface area contributed by atoms with Crippen molar-refractivity contribution in [2.75, 3.05) is 18.4 Å². The summed E-state index contributed by atoms with van der Waals surface area (Å²) < 4.78 is 6.15. The molecule has 0 radical (unpaired) electrons. The van der Waals surface area contributed by atoms with E-state index in [1.54, 1.807) is 0 Å². The Morgan fingerprint density at radius 2 is 1.97 bits per heavy atom. The number of anilines is 2. The van der Waals surface area contributed by atoms with Crippen LogP contribution >= 0.6 is 0 Å². The van der Waals surface area contributed by atoms with Crippen molar-refractivity contribution in [2.45, 2.75) is 38.7 Å². The predicted octanol–water partition coefficient (Wildman–Crippen LogP) is 4.42. The van der Waals surface area contributed by atoms with Crippen LogP contribution in [0, 0.1) is 6.57 Å². The van der Waals surface area contributed by atoms with Crippen LogP contribution in [0.2, 0.25) is 0 Å². The average Bonchev–Trinajstić information content (AvgIpc) is 3.22. The number of ether oxygens (including phenoxy) is 1. The van der Waals surface area contributed by atoms with E-state index in [1.165, 1.54) is 18.0 Å². The van der Waals surface area contributed by atoms with E-state index in [0.717, 1.165) is 42.9 Å². The molecule has 8 heteroatoms. The van der Waals surface area contributed by atoms with Gasteiger partial charge in [0, 0.05) is 11.6 Å². The highest BCUT2D eigenvalue weighted by atomic mass is 16.5. The summed E-state index contributed by atoms with van der Waals surface area (Å²) in [6.45, 7) is 13.1. The van der Waals surface area contributed by atoms with Gasteiger partial charge in [-0.3, -0.25) is 5.10 Å². The maximum atomic E-state index is 6.95. The number of benzene rings is 1. The molecule has 0 atom stereocenters. The summed E-state index contributed by atoms with van der Waals surface area (Å²) >= 11 is 0. The fourth-order valence-corrected chi connectivity index (χ4v) is 3.62. The Balaban J connectivity index is 1.58. The number of hydrogen-bond donors (Lipinski definition) is 3. The average molecular weight is 403 g/mol. The molecule has 0 aliphatic carbocycles. The highest BCUT2D eigenvalue weighted by Gasteiger charge is 2.19. The van der Waals surface area contributed by atoms with Crippen molar-refractivity contribution in [3.63, 3.8) is 0 Å². The van der Waals surface area contributed by atoms with E-state index in [9.17, 15) is 0 Å². The number of nitrogens with one attached hydrogen (secondary N) is 3. The molecule has 8 nitrogen and oxygen atoms in total. The lowest BCUT2D eigenvalue weighted by molar-refractivity contribution is 0.243. The van der Waals surface area contributed by atoms with Gasteiger partial charge in [-0.05, 0) is 63.4 Å². The standard InChI is InChI=1S/C22H25N7O/c1-14(2)30-19-10-16(15-6-8-24-9-7-15)4-5-17(19)18-11-20(29-28-18)27-22-13-25-21(23-3)12-26-22/h4-5,10-15,24H,6-9H2,1-2H3,(H2,26,27,28,29). The van der Waals surface area contributed by atoms with Gasteiger partial charge in [0.25, 0.3) is 5.82 Å². The van der Waals surface area contributed by atoms with Crippen molar-refractivity contribution in [3.05, 3.63) is 53.6 Å². The van der Waals surface area contributed by atoms with Gasteiger partial charge in [0.1, 0.15) is 5.75 Å². The molecule has 1 aliphatic heterocycles. The van der Waals surface area contributed by atoms with Crippen molar-refractivity contribution in [1.82, 2.24) is 25.5 Å². The van der Waals surface area contributed by atoms with Crippen LogP contribution in [0.4, 0.5) is 17.5 Å². The summed E-state index contributed by atoms with van der Waals surface area (Å²) in [6, 6.07) is 8.39. The Morgan fingerprint density at radius 3 is 2.67 bits per heavy atom. The number of aromatic nitrogens is 4. The third-order valence-corrected chi connectivity index (χ3v) is 5.06. The third-order valence-electron chi connectivity index (χ3n) is 5.06. The summed E-state index contributed by atoms with van der Waals surface area (Å²) in [4.78, 5) is 11.4. The van der Waals surface area contributed by atoms with Gasteiger partial charge in [-0.1, -0.05) is 12.6 Å². The molecule has 0 unspecified atom stereocenters.